The van der Waals surface area contributed by atoms with Crippen molar-refractivity contribution in [1.82, 2.24) is 4.57 Å². The Balaban J connectivity index is 1.82. The zero-order valence-corrected chi connectivity index (χ0v) is 16.7. The van der Waals surface area contributed by atoms with Crippen molar-refractivity contribution in [3.63, 3.8) is 0 Å². The van der Waals surface area contributed by atoms with Crippen molar-refractivity contribution in [2.45, 2.75) is 32.7 Å². The van der Waals surface area contributed by atoms with Gasteiger partial charge in [-0.25, -0.2) is 14.0 Å². The number of carbonyl (C=O) groups excluding carboxylic acids is 3. The minimum Gasteiger partial charge on any atom is -0.494 e. The van der Waals surface area contributed by atoms with Gasteiger partial charge in [0.05, 0.1) is 30.9 Å². The van der Waals surface area contributed by atoms with Crippen LogP contribution in [0.2, 0.25) is 0 Å². The zero-order chi connectivity index (χ0) is 21.3. The van der Waals surface area contributed by atoms with E-state index in [9.17, 15) is 18.8 Å². The van der Waals surface area contributed by atoms with Gasteiger partial charge in [0, 0.05) is 17.4 Å². The molecule has 1 aliphatic rings. The molecule has 1 fully saturated rings. The number of ether oxygens (including phenoxy) is 3. The van der Waals surface area contributed by atoms with E-state index >= 15 is 0 Å². The van der Waals surface area contributed by atoms with Crippen LogP contribution in [0.25, 0.3) is 0 Å². The average molecular weight is 403 g/mol. The summed E-state index contributed by atoms with van der Waals surface area (Å²) in [6.07, 6.45) is 1.95. The second-order valence-electron chi connectivity index (χ2n) is 6.86. The number of carbonyl (C=O) groups is 3. The Morgan fingerprint density at radius 1 is 1.07 bits per heavy atom. The van der Waals surface area contributed by atoms with E-state index in [1.54, 1.807) is 13.8 Å². The summed E-state index contributed by atoms with van der Waals surface area (Å²) in [6.45, 7) is 2.94. The van der Waals surface area contributed by atoms with Gasteiger partial charge in [-0.05, 0) is 44.9 Å². The highest BCUT2D eigenvalue weighted by molar-refractivity contribution is 6.09. The predicted octanol–water partition coefficient (Wildman–Crippen LogP) is 3.41. The van der Waals surface area contributed by atoms with Crippen LogP contribution in [0.4, 0.5) is 4.39 Å². The highest BCUT2D eigenvalue weighted by Gasteiger charge is 2.34. The number of methoxy groups -OCH3 is 2. The van der Waals surface area contributed by atoms with Gasteiger partial charge in [-0.3, -0.25) is 4.79 Å². The Bertz CT molecular complexity index is 990. The summed E-state index contributed by atoms with van der Waals surface area (Å²) in [5.74, 6) is -2.71. The fourth-order valence-electron chi connectivity index (χ4n) is 3.51. The van der Waals surface area contributed by atoms with Crippen molar-refractivity contribution >= 4 is 17.7 Å². The molecule has 3 rings (SSSR count). The molecule has 0 amide bonds. The molecule has 0 radical (unpaired) electrons. The van der Waals surface area contributed by atoms with E-state index in [1.807, 2.05) is 4.57 Å². The van der Waals surface area contributed by atoms with Gasteiger partial charge >= 0.3 is 11.9 Å². The molecule has 0 aliphatic heterocycles. The molecule has 2 aromatic rings. The third-order valence-corrected chi connectivity index (χ3v) is 5.00. The van der Waals surface area contributed by atoms with Crippen molar-refractivity contribution in [2.24, 2.45) is 0 Å². The summed E-state index contributed by atoms with van der Waals surface area (Å²) < 4.78 is 30.5. The van der Waals surface area contributed by atoms with Gasteiger partial charge in [0.25, 0.3) is 0 Å². The molecule has 1 aliphatic carbocycles. The molecule has 1 heterocycles. The van der Waals surface area contributed by atoms with Gasteiger partial charge in [0.2, 0.25) is 5.78 Å². The molecule has 7 nitrogen and oxygen atoms in total. The van der Waals surface area contributed by atoms with Gasteiger partial charge in [0.15, 0.2) is 18.2 Å². The van der Waals surface area contributed by atoms with Crippen molar-refractivity contribution in [1.29, 1.82) is 0 Å². The number of benzene rings is 1. The van der Waals surface area contributed by atoms with Crippen molar-refractivity contribution in [3.8, 4) is 5.75 Å². The van der Waals surface area contributed by atoms with Gasteiger partial charge in [-0.1, -0.05) is 0 Å². The Labute approximate surface area is 167 Å². The standard InChI is InChI=1S/C21H22FNO6/c1-11-18(19(21(26)28-4)12(2)23(11)14-6-7-14)16(24)10-29-20(25)13-5-8-17(27-3)15(22)9-13/h5,8-9,14H,6-7,10H2,1-4H3. The largest absolute Gasteiger partial charge is 0.494 e. The van der Waals surface area contributed by atoms with E-state index in [2.05, 4.69) is 0 Å². The Kier molecular flexibility index (Phi) is 5.72. The highest BCUT2D eigenvalue weighted by atomic mass is 19.1. The van der Waals surface area contributed by atoms with Gasteiger partial charge in [-0.2, -0.15) is 0 Å². The van der Waals surface area contributed by atoms with Crippen LogP contribution >= 0.6 is 0 Å². The number of hydrogen-bond donors (Lipinski definition) is 0. The highest BCUT2D eigenvalue weighted by Crippen LogP contribution is 2.40. The number of Topliss-reactive ketones (excluding diaryl/α,β-unsaturated/α-hetero) is 1. The van der Waals surface area contributed by atoms with Gasteiger partial charge in [-0.15, -0.1) is 0 Å². The minimum atomic E-state index is -0.851. The number of halogens is 1. The first-order valence-electron chi connectivity index (χ1n) is 9.13. The first-order chi connectivity index (χ1) is 13.8. The monoisotopic (exact) mass is 403 g/mol. The zero-order valence-electron chi connectivity index (χ0n) is 16.7. The SMILES string of the molecule is COC(=O)c1c(C(=O)COC(=O)c2ccc(OC)c(F)c2)c(C)n(C2CC2)c1C. The molecule has 0 saturated heterocycles. The van der Waals surface area contributed by atoms with Crippen molar-refractivity contribution in [2.75, 3.05) is 20.8 Å². The molecule has 8 heteroatoms. The van der Waals surface area contributed by atoms with Crippen molar-refractivity contribution < 1.29 is 33.0 Å². The lowest BCUT2D eigenvalue weighted by Crippen LogP contribution is -2.18. The average Bonchev–Trinajstić information content (AvgIpc) is 3.50. The Morgan fingerprint density at radius 2 is 1.72 bits per heavy atom. The van der Waals surface area contributed by atoms with E-state index < -0.39 is 30.1 Å². The number of aromatic nitrogens is 1. The van der Waals surface area contributed by atoms with Crippen LogP contribution in [0.1, 0.15) is 61.3 Å². The summed E-state index contributed by atoms with van der Waals surface area (Å²) >= 11 is 0. The topological polar surface area (TPSA) is 83.8 Å². The molecular formula is C21H22FNO6. The van der Waals surface area contributed by atoms with E-state index in [0.717, 1.165) is 18.9 Å². The number of ketones is 1. The number of hydrogen-bond acceptors (Lipinski definition) is 6. The fraction of sp³-hybridized carbons (Fsp3) is 0.381. The normalized spacial score (nSPS) is 13.1. The predicted molar refractivity (Wildman–Crippen MR) is 101 cm³/mol. The van der Waals surface area contributed by atoms with Crippen LogP contribution in [0, 0.1) is 19.7 Å². The first-order valence-corrected chi connectivity index (χ1v) is 9.13. The van der Waals surface area contributed by atoms with Crippen LogP contribution in [0.3, 0.4) is 0 Å². The van der Waals surface area contributed by atoms with Crippen LogP contribution in [0.15, 0.2) is 18.2 Å². The van der Waals surface area contributed by atoms with Crippen LogP contribution in [-0.2, 0) is 9.47 Å². The van der Waals surface area contributed by atoms with Gasteiger partial charge in [0.1, 0.15) is 0 Å². The van der Waals surface area contributed by atoms with E-state index in [-0.39, 0.29) is 28.5 Å². The third kappa shape index (κ3) is 3.87. The minimum absolute atomic E-state index is 0.00661. The molecule has 1 aromatic heterocycles. The maximum atomic E-state index is 13.8. The molecule has 0 bridgehead atoms. The van der Waals surface area contributed by atoms with Crippen LogP contribution in [0.5, 0.6) is 5.75 Å². The number of nitrogens with zero attached hydrogens (tertiary/aromatic N) is 1. The Morgan fingerprint density at radius 3 is 2.28 bits per heavy atom. The number of esters is 2. The van der Waals surface area contributed by atoms with Gasteiger partial charge < -0.3 is 18.8 Å². The van der Waals surface area contributed by atoms with E-state index in [1.165, 1.54) is 26.4 Å². The first kappa shape index (κ1) is 20.6. The molecule has 0 spiro atoms. The number of rotatable bonds is 7. The van der Waals surface area contributed by atoms with Crippen LogP contribution in [-0.4, -0.2) is 43.1 Å². The maximum Gasteiger partial charge on any atom is 0.340 e. The lowest BCUT2D eigenvalue weighted by atomic mass is 10.1. The maximum absolute atomic E-state index is 13.8. The summed E-state index contributed by atoms with van der Waals surface area (Å²) in [6, 6.07) is 3.87. The second kappa shape index (κ2) is 8.06. The summed E-state index contributed by atoms with van der Waals surface area (Å²) in [4.78, 5) is 37.3. The molecule has 154 valence electrons. The quantitative estimate of drug-likeness (QED) is 0.520. The molecule has 0 unspecified atom stereocenters. The third-order valence-electron chi connectivity index (χ3n) is 5.00. The Hall–Kier alpha value is -3.16. The summed E-state index contributed by atoms with van der Waals surface area (Å²) in [5, 5.41) is 0. The molecule has 0 N–H and O–H groups in total. The lowest BCUT2D eigenvalue weighted by molar-refractivity contribution is 0.0473. The van der Waals surface area contributed by atoms with E-state index in [4.69, 9.17) is 14.2 Å². The molecule has 1 aromatic carbocycles. The molecule has 0 atom stereocenters. The molecular weight excluding hydrogens is 381 g/mol. The second-order valence-corrected chi connectivity index (χ2v) is 6.86. The van der Waals surface area contributed by atoms with Crippen LogP contribution < -0.4 is 4.74 Å². The van der Waals surface area contributed by atoms with Crippen molar-refractivity contribution in [3.05, 3.63) is 52.1 Å². The smallest absolute Gasteiger partial charge is 0.340 e. The molecule has 1 saturated carbocycles. The molecule has 29 heavy (non-hydrogen) atoms. The summed E-state index contributed by atoms with van der Waals surface area (Å²) in [5.41, 5.74) is 1.63. The fourth-order valence-corrected chi connectivity index (χ4v) is 3.51. The van der Waals surface area contributed by atoms with E-state index in [0.29, 0.717) is 11.4 Å². The lowest BCUT2D eigenvalue weighted by Gasteiger charge is -2.08. The summed E-state index contributed by atoms with van der Waals surface area (Å²) in [7, 11) is 2.56.